The molecule has 0 saturated heterocycles. The molecule has 0 amide bonds. The molecule has 1 N–H and O–H groups in total. The number of nitrogens with one attached hydrogen (secondary N) is 1. The normalized spacial score (nSPS) is 10.2. The van der Waals surface area contributed by atoms with Crippen LogP contribution in [0.15, 0.2) is 40.2 Å². The van der Waals surface area contributed by atoms with Gasteiger partial charge in [0.25, 0.3) is 5.69 Å². The topological polar surface area (TPSA) is 55.2 Å². The van der Waals surface area contributed by atoms with Crippen LogP contribution in [0.4, 0.5) is 11.4 Å². The zero-order valence-electron chi connectivity index (χ0n) is 8.72. The van der Waals surface area contributed by atoms with Gasteiger partial charge >= 0.3 is 0 Å². The second kappa shape index (κ2) is 5.29. The fraction of sp³-hybridized carbons (Fsp3) is 0.0909. The molecular weight excluding hydrogens is 304 g/mol. The van der Waals surface area contributed by atoms with Crippen LogP contribution in [0.3, 0.4) is 0 Å². The maximum absolute atomic E-state index is 10.5. The van der Waals surface area contributed by atoms with E-state index in [9.17, 15) is 10.1 Å². The predicted octanol–water partition coefficient (Wildman–Crippen LogP) is 4.03. The van der Waals surface area contributed by atoms with E-state index in [1.54, 1.807) is 23.5 Å². The highest BCUT2D eigenvalue weighted by Crippen LogP contribution is 2.23. The van der Waals surface area contributed by atoms with Crippen molar-refractivity contribution >= 4 is 38.6 Å². The Balaban J connectivity index is 1.97. The van der Waals surface area contributed by atoms with Gasteiger partial charge in [-0.3, -0.25) is 10.1 Å². The number of benzene rings is 1. The fourth-order valence-corrected chi connectivity index (χ4v) is 2.76. The number of rotatable bonds is 4. The zero-order valence-corrected chi connectivity index (χ0v) is 11.1. The summed E-state index contributed by atoms with van der Waals surface area (Å²) < 4.78 is 1.10. The molecule has 1 aromatic carbocycles. The molecule has 0 saturated carbocycles. The third-order valence-electron chi connectivity index (χ3n) is 2.17. The Labute approximate surface area is 111 Å². The molecule has 1 heterocycles. The van der Waals surface area contributed by atoms with Gasteiger partial charge < -0.3 is 5.32 Å². The molecule has 0 radical (unpaired) electrons. The van der Waals surface area contributed by atoms with Gasteiger partial charge in [-0.25, -0.2) is 0 Å². The fourth-order valence-electron chi connectivity index (χ4n) is 1.34. The van der Waals surface area contributed by atoms with Gasteiger partial charge in [0.05, 0.1) is 8.71 Å². The van der Waals surface area contributed by atoms with Crippen molar-refractivity contribution in [1.82, 2.24) is 0 Å². The molecule has 0 atom stereocenters. The lowest BCUT2D eigenvalue weighted by atomic mass is 10.3. The summed E-state index contributed by atoms with van der Waals surface area (Å²) in [6.45, 7) is 0.716. The molecule has 1 aromatic heterocycles. The van der Waals surface area contributed by atoms with Crippen LogP contribution in [0.25, 0.3) is 0 Å². The molecule has 17 heavy (non-hydrogen) atoms. The first kappa shape index (κ1) is 12.1. The van der Waals surface area contributed by atoms with E-state index in [1.807, 2.05) is 12.1 Å². The molecule has 0 spiro atoms. The maximum Gasteiger partial charge on any atom is 0.269 e. The van der Waals surface area contributed by atoms with Gasteiger partial charge in [-0.05, 0) is 40.2 Å². The molecular formula is C11H9BrN2O2S. The van der Waals surface area contributed by atoms with E-state index < -0.39 is 4.92 Å². The summed E-state index contributed by atoms with van der Waals surface area (Å²) >= 11 is 5.06. The Kier molecular flexibility index (Phi) is 3.75. The van der Waals surface area contributed by atoms with Gasteiger partial charge in [0.1, 0.15) is 0 Å². The molecule has 0 aliphatic heterocycles. The van der Waals surface area contributed by atoms with Crippen molar-refractivity contribution in [1.29, 1.82) is 0 Å². The molecule has 0 unspecified atom stereocenters. The van der Waals surface area contributed by atoms with Crippen molar-refractivity contribution in [3.8, 4) is 0 Å². The number of nitro benzene ring substituents is 1. The lowest BCUT2D eigenvalue weighted by Gasteiger charge is -2.03. The molecule has 0 bridgehead atoms. The summed E-state index contributed by atoms with van der Waals surface area (Å²) in [4.78, 5) is 11.3. The molecule has 4 nitrogen and oxygen atoms in total. The van der Waals surface area contributed by atoms with Gasteiger partial charge in [-0.15, -0.1) is 11.3 Å². The molecule has 2 rings (SSSR count). The number of nitro groups is 1. The van der Waals surface area contributed by atoms with Gasteiger partial charge in [0, 0.05) is 29.2 Å². The number of hydrogen-bond donors (Lipinski definition) is 1. The first-order valence-electron chi connectivity index (χ1n) is 4.88. The van der Waals surface area contributed by atoms with Crippen LogP contribution < -0.4 is 5.32 Å². The second-order valence-electron chi connectivity index (χ2n) is 3.36. The molecule has 88 valence electrons. The Morgan fingerprint density at radius 3 is 2.47 bits per heavy atom. The highest BCUT2D eigenvalue weighted by Gasteiger charge is 2.03. The number of nitrogens with zero attached hydrogens (tertiary/aromatic N) is 1. The molecule has 0 aliphatic carbocycles. The standard InChI is InChI=1S/C11H9BrN2O2S/c12-11-6-5-10(17-11)7-13-8-1-3-9(4-2-8)14(15)16/h1-6,13H,7H2. The van der Waals surface area contributed by atoms with Gasteiger partial charge in [-0.1, -0.05) is 0 Å². The third-order valence-corrected chi connectivity index (χ3v) is 3.80. The van der Waals surface area contributed by atoms with Crippen LogP contribution in [0.1, 0.15) is 4.88 Å². The summed E-state index contributed by atoms with van der Waals surface area (Å²) in [6, 6.07) is 10.4. The SMILES string of the molecule is O=[N+]([O-])c1ccc(NCc2ccc(Br)s2)cc1. The van der Waals surface area contributed by atoms with E-state index in [0.29, 0.717) is 6.54 Å². The van der Waals surface area contributed by atoms with E-state index in [0.717, 1.165) is 9.47 Å². The van der Waals surface area contributed by atoms with E-state index in [2.05, 4.69) is 21.2 Å². The summed E-state index contributed by atoms with van der Waals surface area (Å²) in [7, 11) is 0. The van der Waals surface area contributed by atoms with Crippen molar-refractivity contribution in [2.45, 2.75) is 6.54 Å². The van der Waals surface area contributed by atoms with Crippen molar-refractivity contribution < 1.29 is 4.92 Å². The zero-order chi connectivity index (χ0) is 12.3. The Morgan fingerprint density at radius 2 is 1.94 bits per heavy atom. The smallest absolute Gasteiger partial charge is 0.269 e. The summed E-state index contributed by atoms with van der Waals surface area (Å²) in [5, 5.41) is 13.7. The first-order chi connectivity index (χ1) is 8.15. The van der Waals surface area contributed by atoms with Crippen LogP contribution in [0.2, 0.25) is 0 Å². The van der Waals surface area contributed by atoms with Crippen molar-refractivity contribution in [2.75, 3.05) is 5.32 Å². The Morgan fingerprint density at radius 1 is 1.24 bits per heavy atom. The van der Waals surface area contributed by atoms with Crippen molar-refractivity contribution in [3.63, 3.8) is 0 Å². The lowest BCUT2D eigenvalue weighted by molar-refractivity contribution is -0.384. The Bertz CT molecular complexity index is 525. The second-order valence-corrected chi connectivity index (χ2v) is 5.91. The van der Waals surface area contributed by atoms with Gasteiger partial charge in [-0.2, -0.15) is 0 Å². The number of hydrogen-bond acceptors (Lipinski definition) is 4. The molecule has 2 aromatic rings. The van der Waals surface area contributed by atoms with Crippen LogP contribution in [-0.4, -0.2) is 4.92 Å². The van der Waals surface area contributed by atoms with E-state index in [1.165, 1.54) is 17.0 Å². The Hall–Kier alpha value is -1.40. The summed E-state index contributed by atoms with van der Waals surface area (Å²) in [5.41, 5.74) is 0.981. The largest absolute Gasteiger partial charge is 0.380 e. The van der Waals surface area contributed by atoms with Crippen LogP contribution >= 0.6 is 27.3 Å². The van der Waals surface area contributed by atoms with Crippen LogP contribution in [0.5, 0.6) is 0 Å². The minimum atomic E-state index is -0.403. The van der Waals surface area contributed by atoms with Gasteiger partial charge in [0.2, 0.25) is 0 Å². The summed E-state index contributed by atoms with van der Waals surface area (Å²) in [5.74, 6) is 0. The van der Waals surface area contributed by atoms with Crippen LogP contribution in [-0.2, 0) is 6.54 Å². The number of thiophene rings is 1. The van der Waals surface area contributed by atoms with Crippen molar-refractivity contribution in [2.24, 2.45) is 0 Å². The lowest BCUT2D eigenvalue weighted by Crippen LogP contribution is -1.97. The van der Waals surface area contributed by atoms with Gasteiger partial charge in [0.15, 0.2) is 0 Å². The predicted molar refractivity (Wildman–Crippen MR) is 72.4 cm³/mol. The van der Waals surface area contributed by atoms with E-state index >= 15 is 0 Å². The highest BCUT2D eigenvalue weighted by atomic mass is 79.9. The van der Waals surface area contributed by atoms with Crippen LogP contribution in [0, 0.1) is 10.1 Å². The molecule has 0 fully saturated rings. The molecule has 6 heteroatoms. The summed E-state index contributed by atoms with van der Waals surface area (Å²) in [6.07, 6.45) is 0. The third kappa shape index (κ3) is 3.28. The average Bonchev–Trinajstić information content (AvgIpc) is 2.73. The first-order valence-corrected chi connectivity index (χ1v) is 6.48. The minimum absolute atomic E-state index is 0.106. The van der Waals surface area contributed by atoms with Crippen molar-refractivity contribution in [3.05, 3.63) is 55.2 Å². The average molecular weight is 313 g/mol. The monoisotopic (exact) mass is 312 g/mol. The number of anilines is 1. The van der Waals surface area contributed by atoms with E-state index in [4.69, 9.17) is 0 Å². The van der Waals surface area contributed by atoms with E-state index in [-0.39, 0.29) is 5.69 Å². The molecule has 0 aliphatic rings. The number of halogens is 1. The maximum atomic E-state index is 10.5. The quantitative estimate of drug-likeness (QED) is 0.685. The highest BCUT2D eigenvalue weighted by molar-refractivity contribution is 9.11. The number of non-ortho nitro benzene ring substituents is 1. The minimum Gasteiger partial charge on any atom is -0.380 e.